The van der Waals surface area contributed by atoms with Crippen molar-refractivity contribution in [2.45, 2.75) is 40.5 Å². The largest absolute Gasteiger partial charge is 0.187 e. The first-order valence-electron chi connectivity index (χ1n) is 3.72. The molecule has 0 heterocycles. The van der Waals surface area contributed by atoms with E-state index in [0.717, 1.165) is 11.8 Å². The van der Waals surface area contributed by atoms with Gasteiger partial charge in [-0.2, -0.15) is 0 Å². The summed E-state index contributed by atoms with van der Waals surface area (Å²) in [5.74, 6) is 1.83. The van der Waals surface area contributed by atoms with E-state index in [1.54, 1.807) is 0 Å². The summed E-state index contributed by atoms with van der Waals surface area (Å²) >= 11 is 0. The van der Waals surface area contributed by atoms with Crippen LogP contribution in [0.15, 0.2) is 0 Å². The van der Waals surface area contributed by atoms with E-state index in [-0.39, 0.29) is 17.4 Å². The van der Waals surface area contributed by atoms with Gasteiger partial charge in [0.15, 0.2) is 17.4 Å². The number of rotatable bonds is 3. The Labute approximate surface area is 70.2 Å². The maximum atomic E-state index is 2.30. The van der Waals surface area contributed by atoms with E-state index in [1.807, 2.05) is 0 Å². The standard InChI is InChI=1S/C8H18.Al.3H/c1-5-8(6-2)7(3)4;;;;/h7-8H,5-6H2,1-4H3;;;;. The number of hydrogen-bond donors (Lipinski definition) is 0. The first kappa shape index (κ1) is 12.2. The highest BCUT2D eigenvalue weighted by Crippen LogP contribution is 2.17. The lowest BCUT2D eigenvalue weighted by Crippen LogP contribution is -2.04. The summed E-state index contributed by atoms with van der Waals surface area (Å²) in [6, 6.07) is 0. The maximum absolute atomic E-state index is 2.30. The van der Waals surface area contributed by atoms with E-state index < -0.39 is 0 Å². The normalized spacial score (nSPS) is 10.0. The molecule has 0 spiro atoms. The van der Waals surface area contributed by atoms with Crippen LogP contribution in [0.1, 0.15) is 40.5 Å². The summed E-state index contributed by atoms with van der Waals surface area (Å²) in [5.41, 5.74) is 0. The maximum Gasteiger partial charge on any atom is 0.187 e. The summed E-state index contributed by atoms with van der Waals surface area (Å²) in [5, 5.41) is 0. The van der Waals surface area contributed by atoms with Gasteiger partial charge in [0, 0.05) is 0 Å². The lowest BCUT2D eigenvalue weighted by atomic mass is 9.91. The third-order valence-corrected chi connectivity index (χ3v) is 1.99. The second-order valence-electron chi connectivity index (χ2n) is 2.82. The predicted molar refractivity (Wildman–Crippen MR) is 48.8 cm³/mol. The Morgan fingerprint density at radius 3 is 1.33 bits per heavy atom. The highest BCUT2D eigenvalue weighted by atomic mass is 27.0. The number of hydrogen-bond acceptors (Lipinski definition) is 0. The third-order valence-electron chi connectivity index (χ3n) is 1.99. The third kappa shape index (κ3) is 5.00. The van der Waals surface area contributed by atoms with Crippen molar-refractivity contribution in [2.75, 3.05) is 0 Å². The molecule has 0 rings (SSSR count). The van der Waals surface area contributed by atoms with E-state index in [2.05, 4.69) is 27.7 Å². The molecular formula is C8H21Al. The summed E-state index contributed by atoms with van der Waals surface area (Å²) in [7, 11) is 0. The molecule has 0 amide bonds. The molecule has 0 aromatic rings. The first-order chi connectivity index (χ1) is 3.72. The predicted octanol–water partition coefficient (Wildman–Crippen LogP) is 1.89. The van der Waals surface area contributed by atoms with E-state index >= 15 is 0 Å². The second kappa shape index (κ2) is 6.65. The highest BCUT2D eigenvalue weighted by molar-refractivity contribution is 5.75. The SMILES string of the molecule is CCC(CC)C(C)C.[AlH3]. The summed E-state index contributed by atoms with van der Waals surface area (Å²) in [6.07, 6.45) is 2.68. The molecular weight excluding hydrogens is 123 g/mol. The molecule has 0 aliphatic rings. The lowest BCUT2D eigenvalue weighted by molar-refractivity contribution is 0.362. The molecule has 0 N–H and O–H groups in total. The molecule has 0 bridgehead atoms. The van der Waals surface area contributed by atoms with Crippen molar-refractivity contribution in [1.82, 2.24) is 0 Å². The van der Waals surface area contributed by atoms with Gasteiger partial charge >= 0.3 is 0 Å². The zero-order chi connectivity index (χ0) is 6.57. The Bertz CT molecular complexity index is 46.5. The minimum atomic E-state index is 0. The van der Waals surface area contributed by atoms with Crippen molar-refractivity contribution in [3.8, 4) is 0 Å². The van der Waals surface area contributed by atoms with Crippen LogP contribution in [0.3, 0.4) is 0 Å². The molecule has 0 aromatic carbocycles. The molecule has 0 fully saturated rings. The molecule has 0 saturated heterocycles. The molecule has 0 aliphatic carbocycles. The Kier molecular flexibility index (Phi) is 9.04. The van der Waals surface area contributed by atoms with E-state index in [1.165, 1.54) is 12.8 Å². The van der Waals surface area contributed by atoms with E-state index in [0.29, 0.717) is 0 Å². The fourth-order valence-corrected chi connectivity index (χ4v) is 1.23. The molecule has 0 nitrogen and oxygen atoms in total. The Morgan fingerprint density at radius 1 is 1.00 bits per heavy atom. The van der Waals surface area contributed by atoms with Gasteiger partial charge in [-0.1, -0.05) is 40.5 Å². The van der Waals surface area contributed by atoms with Gasteiger partial charge in [0.05, 0.1) is 0 Å². The van der Waals surface area contributed by atoms with Crippen molar-refractivity contribution in [3.63, 3.8) is 0 Å². The van der Waals surface area contributed by atoms with Crippen LogP contribution in [0.5, 0.6) is 0 Å². The van der Waals surface area contributed by atoms with Crippen LogP contribution < -0.4 is 0 Å². The molecule has 0 unspecified atom stereocenters. The van der Waals surface area contributed by atoms with Gasteiger partial charge in [-0.3, -0.25) is 0 Å². The molecule has 0 aliphatic heterocycles. The van der Waals surface area contributed by atoms with Gasteiger partial charge < -0.3 is 0 Å². The summed E-state index contributed by atoms with van der Waals surface area (Å²) < 4.78 is 0. The lowest BCUT2D eigenvalue weighted by Gasteiger charge is -2.15. The minimum Gasteiger partial charge on any atom is -0.0651 e. The van der Waals surface area contributed by atoms with Crippen LogP contribution in [0, 0.1) is 11.8 Å². The summed E-state index contributed by atoms with van der Waals surface area (Å²) in [6.45, 7) is 9.15. The van der Waals surface area contributed by atoms with Crippen LogP contribution in [0.25, 0.3) is 0 Å². The smallest absolute Gasteiger partial charge is 0.0651 e. The van der Waals surface area contributed by atoms with Gasteiger partial charge in [-0.25, -0.2) is 0 Å². The molecule has 9 heavy (non-hydrogen) atoms. The van der Waals surface area contributed by atoms with Gasteiger partial charge in [-0.05, 0) is 11.8 Å². The highest BCUT2D eigenvalue weighted by Gasteiger charge is 2.06. The van der Waals surface area contributed by atoms with Crippen LogP contribution >= 0.6 is 0 Å². The fourth-order valence-electron chi connectivity index (χ4n) is 1.23. The van der Waals surface area contributed by atoms with Gasteiger partial charge in [0.25, 0.3) is 0 Å². The zero-order valence-electron chi connectivity index (χ0n) is 6.57. The topological polar surface area (TPSA) is 0 Å². The van der Waals surface area contributed by atoms with Gasteiger partial charge in [-0.15, -0.1) is 0 Å². The monoisotopic (exact) mass is 144 g/mol. The minimum absolute atomic E-state index is 0. The van der Waals surface area contributed by atoms with Crippen molar-refractivity contribution >= 4 is 17.4 Å². The summed E-state index contributed by atoms with van der Waals surface area (Å²) in [4.78, 5) is 0. The van der Waals surface area contributed by atoms with Crippen molar-refractivity contribution in [1.29, 1.82) is 0 Å². The van der Waals surface area contributed by atoms with Crippen LogP contribution in [-0.4, -0.2) is 17.4 Å². The van der Waals surface area contributed by atoms with Gasteiger partial charge in [0.1, 0.15) is 0 Å². The van der Waals surface area contributed by atoms with Crippen LogP contribution in [0.2, 0.25) is 0 Å². The molecule has 0 saturated carbocycles. The van der Waals surface area contributed by atoms with Crippen molar-refractivity contribution in [3.05, 3.63) is 0 Å². The molecule has 1 heteroatoms. The van der Waals surface area contributed by atoms with Gasteiger partial charge in [0.2, 0.25) is 0 Å². The molecule has 0 radical (unpaired) electrons. The van der Waals surface area contributed by atoms with Crippen LogP contribution in [0.4, 0.5) is 0 Å². The van der Waals surface area contributed by atoms with Crippen molar-refractivity contribution < 1.29 is 0 Å². The van der Waals surface area contributed by atoms with E-state index in [9.17, 15) is 0 Å². The fraction of sp³-hybridized carbons (Fsp3) is 1.00. The quantitative estimate of drug-likeness (QED) is 0.531. The van der Waals surface area contributed by atoms with Crippen molar-refractivity contribution in [2.24, 2.45) is 11.8 Å². The van der Waals surface area contributed by atoms with E-state index in [4.69, 9.17) is 0 Å². The second-order valence-corrected chi connectivity index (χ2v) is 2.82. The first-order valence-corrected chi connectivity index (χ1v) is 3.72. The Balaban J connectivity index is 0. The average molecular weight is 144 g/mol. The molecule has 56 valence electrons. The molecule has 0 aromatic heterocycles. The Hall–Kier alpha value is 0.532. The van der Waals surface area contributed by atoms with Crippen LogP contribution in [-0.2, 0) is 0 Å². The zero-order valence-corrected chi connectivity index (χ0v) is 6.57. The molecule has 0 atom stereocenters. The average Bonchev–Trinajstić information content (AvgIpc) is 1.69. The Morgan fingerprint density at radius 2 is 1.33 bits per heavy atom.